The minimum Gasteiger partial charge on any atom is -0.480 e. The third-order valence-corrected chi connectivity index (χ3v) is 2.59. The van der Waals surface area contributed by atoms with Gasteiger partial charge in [-0.05, 0) is 18.8 Å². The van der Waals surface area contributed by atoms with Gasteiger partial charge in [0.15, 0.2) is 0 Å². The first-order valence-electron chi connectivity index (χ1n) is 4.60. The summed E-state index contributed by atoms with van der Waals surface area (Å²) in [5.74, 6) is -0.761. The van der Waals surface area contributed by atoms with E-state index in [9.17, 15) is 4.79 Å². The Morgan fingerprint density at radius 1 is 1.46 bits per heavy atom. The monoisotopic (exact) mass is 185 g/mol. The molecule has 1 fully saturated rings. The molecule has 0 radical (unpaired) electrons. The number of rotatable bonds is 4. The van der Waals surface area contributed by atoms with Gasteiger partial charge in [-0.25, -0.2) is 4.79 Å². The van der Waals surface area contributed by atoms with Gasteiger partial charge in [0.1, 0.15) is 6.04 Å². The molecule has 0 aromatic carbocycles. The zero-order chi connectivity index (χ0) is 9.68. The van der Waals surface area contributed by atoms with E-state index in [-0.39, 0.29) is 5.92 Å². The quantitative estimate of drug-likeness (QED) is 0.459. The summed E-state index contributed by atoms with van der Waals surface area (Å²) in [5.41, 5.74) is 8.94. The normalized spacial score (nSPS) is 20.6. The van der Waals surface area contributed by atoms with Gasteiger partial charge < -0.3 is 5.11 Å². The Hall–Kier alpha value is -1.13. The SMILES string of the molecule is N=NNC(C(=O)O)C1CCCCC1. The van der Waals surface area contributed by atoms with Crippen molar-refractivity contribution in [1.29, 1.82) is 5.53 Å². The Balaban J connectivity index is 2.51. The lowest BCUT2D eigenvalue weighted by molar-refractivity contribution is -0.141. The molecule has 5 nitrogen and oxygen atoms in total. The summed E-state index contributed by atoms with van der Waals surface area (Å²) >= 11 is 0. The van der Waals surface area contributed by atoms with Crippen LogP contribution in [-0.4, -0.2) is 17.1 Å². The van der Waals surface area contributed by atoms with Crippen molar-refractivity contribution in [2.45, 2.75) is 38.1 Å². The predicted octanol–water partition coefficient (Wildman–Crippen LogP) is 1.56. The van der Waals surface area contributed by atoms with E-state index in [4.69, 9.17) is 10.6 Å². The van der Waals surface area contributed by atoms with Crippen LogP contribution in [0.5, 0.6) is 0 Å². The zero-order valence-corrected chi connectivity index (χ0v) is 7.49. The molecular formula is C8H15N3O2. The summed E-state index contributed by atoms with van der Waals surface area (Å²) in [6.07, 6.45) is 5.24. The summed E-state index contributed by atoms with van der Waals surface area (Å²) in [6, 6.07) is -0.669. The highest BCUT2D eigenvalue weighted by Gasteiger charge is 2.28. The Bertz CT molecular complexity index is 190. The summed E-state index contributed by atoms with van der Waals surface area (Å²) in [6.45, 7) is 0. The Morgan fingerprint density at radius 2 is 2.08 bits per heavy atom. The number of carbonyl (C=O) groups is 1. The summed E-state index contributed by atoms with van der Waals surface area (Å²) < 4.78 is 0. The highest BCUT2D eigenvalue weighted by Crippen LogP contribution is 2.26. The van der Waals surface area contributed by atoms with Crippen LogP contribution in [0.25, 0.3) is 0 Å². The van der Waals surface area contributed by atoms with Gasteiger partial charge in [-0.1, -0.05) is 24.5 Å². The van der Waals surface area contributed by atoms with Crippen LogP contribution in [0.15, 0.2) is 5.22 Å². The predicted molar refractivity (Wildman–Crippen MR) is 46.3 cm³/mol. The maximum Gasteiger partial charge on any atom is 0.328 e. The molecule has 0 aliphatic heterocycles. The lowest BCUT2D eigenvalue weighted by Gasteiger charge is -2.26. The van der Waals surface area contributed by atoms with Crippen molar-refractivity contribution < 1.29 is 9.90 Å². The van der Waals surface area contributed by atoms with Gasteiger partial charge in [0.05, 0.1) is 0 Å². The molecule has 1 rings (SSSR count). The van der Waals surface area contributed by atoms with Crippen molar-refractivity contribution in [3.05, 3.63) is 0 Å². The zero-order valence-electron chi connectivity index (χ0n) is 7.49. The molecule has 0 bridgehead atoms. The second-order valence-electron chi connectivity index (χ2n) is 3.45. The highest BCUT2D eigenvalue weighted by molar-refractivity contribution is 5.73. The molecule has 1 saturated carbocycles. The number of carboxylic acid groups (broad SMARTS) is 1. The summed E-state index contributed by atoms with van der Waals surface area (Å²) in [4.78, 5) is 10.8. The molecule has 1 atom stereocenters. The number of nitrogens with one attached hydrogen (secondary N) is 2. The van der Waals surface area contributed by atoms with Crippen LogP contribution >= 0.6 is 0 Å². The molecule has 1 aliphatic carbocycles. The Morgan fingerprint density at radius 3 is 2.54 bits per heavy atom. The second-order valence-corrected chi connectivity index (χ2v) is 3.45. The lowest BCUT2D eigenvalue weighted by atomic mass is 9.84. The van der Waals surface area contributed by atoms with Gasteiger partial charge >= 0.3 is 5.97 Å². The maximum absolute atomic E-state index is 10.8. The van der Waals surface area contributed by atoms with Crippen LogP contribution in [0.2, 0.25) is 0 Å². The van der Waals surface area contributed by atoms with E-state index in [1.54, 1.807) is 0 Å². The van der Waals surface area contributed by atoms with Crippen LogP contribution in [0.1, 0.15) is 32.1 Å². The standard InChI is InChI=1S/C8H15N3O2/c9-11-10-7(8(12)13)6-4-2-1-3-5-6/h6-7H,1-5H2,(H2,9,10)(H,12,13). The molecule has 74 valence electrons. The fraction of sp³-hybridized carbons (Fsp3) is 0.875. The van der Waals surface area contributed by atoms with Gasteiger partial charge in [-0.3, -0.25) is 5.43 Å². The number of hydrogen-bond acceptors (Lipinski definition) is 3. The van der Waals surface area contributed by atoms with Gasteiger partial charge in [-0.2, -0.15) is 5.53 Å². The van der Waals surface area contributed by atoms with E-state index >= 15 is 0 Å². The van der Waals surface area contributed by atoms with E-state index < -0.39 is 12.0 Å². The average Bonchev–Trinajstić information content (AvgIpc) is 2.15. The lowest BCUT2D eigenvalue weighted by Crippen LogP contribution is -2.40. The first-order valence-corrected chi connectivity index (χ1v) is 4.60. The summed E-state index contributed by atoms with van der Waals surface area (Å²) in [7, 11) is 0. The Kier molecular flexibility index (Phi) is 3.67. The van der Waals surface area contributed by atoms with Gasteiger partial charge in [0.2, 0.25) is 0 Å². The smallest absolute Gasteiger partial charge is 0.328 e. The third kappa shape index (κ3) is 2.68. The molecule has 0 spiro atoms. The number of nitrogens with zero attached hydrogens (tertiary/aromatic N) is 1. The van der Waals surface area contributed by atoms with Crippen LogP contribution in [0, 0.1) is 11.4 Å². The third-order valence-electron chi connectivity index (χ3n) is 2.59. The van der Waals surface area contributed by atoms with Crippen LogP contribution in [-0.2, 0) is 4.79 Å². The molecule has 0 heterocycles. The molecule has 0 saturated heterocycles. The van der Waals surface area contributed by atoms with Gasteiger partial charge in [0.25, 0.3) is 0 Å². The van der Waals surface area contributed by atoms with E-state index in [0.717, 1.165) is 25.7 Å². The van der Waals surface area contributed by atoms with E-state index in [1.807, 2.05) is 0 Å². The van der Waals surface area contributed by atoms with E-state index in [1.165, 1.54) is 6.42 Å². The average molecular weight is 185 g/mol. The fourth-order valence-electron chi connectivity index (χ4n) is 1.90. The van der Waals surface area contributed by atoms with E-state index in [0.29, 0.717) is 0 Å². The molecule has 1 aliphatic rings. The van der Waals surface area contributed by atoms with Crippen molar-refractivity contribution in [3.8, 4) is 0 Å². The summed E-state index contributed by atoms with van der Waals surface area (Å²) in [5, 5.41) is 11.8. The first-order chi connectivity index (χ1) is 6.25. The molecular weight excluding hydrogens is 170 g/mol. The Labute approximate surface area is 77.0 Å². The minimum absolute atomic E-state index is 0.139. The number of carboxylic acids is 1. The van der Waals surface area contributed by atoms with Crippen molar-refractivity contribution in [3.63, 3.8) is 0 Å². The number of aliphatic carboxylic acids is 1. The van der Waals surface area contributed by atoms with Crippen LogP contribution in [0.4, 0.5) is 0 Å². The highest BCUT2D eigenvalue weighted by atomic mass is 16.4. The fourth-order valence-corrected chi connectivity index (χ4v) is 1.90. The van der Waals surface area contributed by atoms with Crippen LogP contribution < -0.4 is 5.43 Å². The van der Waals surface area contributed by atoms with Crippen molar-refractivity contribution >= 4 is 5.97 Å². The van der Waals surface area contributed by atoms with Crippen molar-refractivity contribution in [2.24, 2.45) is 11.1 Å². The molecule has 0 amide bonds. The topological polar surface area (TPSA) is 85.5 Å². The van der Waals surface area contributed by atoms with Crippen molar-refractivity contribution in [1.82, 2.24) is 5.43 Å². The molecule has 0 aromatic heterocycles. The minimum atomic E-state index is -0.900. The molecule has 13 heavy (non-hydrogen) atoms. The van der Waals surface area contributed by atoms with Crippen molar-refractivity contribution in [2.75, 3.05) is 0 Å². The van der Waals surface area contributed by atoms with Gasteiger partial charge in [0, 0.05) is 0 Å². The molecule has 3 N–H and O–H groups in total. The maximum atomic E-state index is 10.8. The first kappa shape index (κ1) is 9.95. The second kappa shape index (κ2) is 4.79. The molecule has 5 heteroatoms. The van der Waals surface area contributed by atoms with Crippen LogP contribution in [0.3, 0.4) is 0 Å². The molecule has 0 aromatic rings. The number of hydrogen-bond donors (Lipinski definition) is 3. The molecule has 1 unspecified atom stereocenters. The largest absolute Gasteiger partial charge is 0.480 e. The van der Waals surface area contributed by atoms with E-state index in [2.05, 4.69) is 10.6 Å². The van der Waals surface area contributed by atoms with Gasteiger partial charge in [-0.15, -0.1) is 0 Å².